The minimum atomic E-state index is 0.761. The Hall–Kier alpha value is -3.61. The van der Waals surface area contributed by atoms with Gasteiger partial charge in [-0.3, -0.25) is 4.90 Å². The SMILES string of the molecule is COc1ccc(N=c2cc(-c3ccc(OC)c(CN4CCOCC4)c3)oc3ccccc23)cc1. The predicted molar refractivity (Wildman–Crippen MR) is 133 cm³/mol. The summed E-state index contributed by atoms with van der Waals surface area (Å²) >= 11 is 0. The number of nitrogens with zero attached hydrogens (tertiary/aromatic N) is 2. The van der Waals surface area contributed by atoms with Gasteiger partial charge in [0, 0.05) is 42.2 Å². The molecule has 5 rings (SSSR count). The topological polar surface area (TPSA) is 56.4 Å². The summed E-state index contributed by atoms with van der Waals surface area (Å²) in [4.78, 5) is 7.30. The fourth-order valence-electron chi connectivity index (χ4n) is 4.20. The molecule has 1 aromatic heterocycles. The number of methoxy groups -OCH3 is 2. The third kappa shape index (κ3) is 4.83. The summed E-state index contributed by atoms with van der Waals surface area (Å²) < 4.78 is 22.8. The van der Waals surface area contributed by atoms with E-state index in [1.165, 1.54) is 0 Å². The van der Waals surface area contributed by atoms with E-state index >= 15 is 0 Å². The van der Waals surface area contributed by atoms with Crippen LogP contribution in [0.15, 0.2) is 82.2 Å². The van der Waals surface area contributed by atoms with Crippen LogP contribution < -0.4 is 14.8 Å². The molecule has 3 aromatic carbocycles. The minimum absolute atomic E-state index is 0.761. The molecule has 0 aliphatic carbocycles. The first kappa shape index (κ1) is 22.2. The van der Waals surface area contributed by atoms with Crippen molar-refractivity contribution < 1.29 is 18.6 Å². The summed E-state index contributed by atoms with van der Waals surface area (Å²) in [5, 5.41) is 1.82. The van der Waals surface area contributed by atoms with Crippen LogP contribution >= 0.6 is 0 Å². The van der Waals surface area contributed by atoms with Crippen molar-refractivity contribution in [3.8, 4) is 22.8 Å². The molecule has 0 unspecified atom stereocenters. The van der Waals surface area contributed by atoms with Crippen molar-refractivity contribution in [3.05, 3.63) is 83.7 Å². The molecule has 0 N–H and O–H groups in total. The van der Waals surface area contributed by atoms with Crippen molar-refractivity contribution in [1.29, 1.82) is 0 Å². The number of ether oxygens (including phenoxy) is 3. The van der Waals surface area contributed by atoms with Crippen molar-refractivity contribution >= 4 is 16.7 Å². The third-order valence-electron chi connectivity index (χ3n) is 6.04. The van der Waals surface area contributed by atoms with Crippen LogP contribution in [-0.4, -0.2) is 45.4 Å². The Morgan fingerprint density at radius 2 is 1.68 bits per heavy atom. The van der Waals surface area contributed by atoms with E-state index in [0.29, 0.717) is 0 Å². The lowest BCUT2D eigenvalue weighted by Crippen LogP contribution is -2.35. The quantitative estimate of drug-likeness (QED) is 0.400. The molecule has 1 aliphatic heterocycles. The number of rotatable bonds is 6. The Labute approximate surface area is 199 Å². The van der Waals surface area contributed by atoms with Gasteiger partial charge in [0.2, 0.25) is 0 Å². The second-order valence-corrected chi connectivity index (χ2v) is 8.22. The first-order valence-electron chi connectivity index (χ1n) is 11.4. The lowest BCUT2D eigenvalue weighted by Gasteiger charge is -2.27. The minimum Gasteiger partial charge on any atom is -0.497 e. The first-order valence-corrected chi connectivity index (χ1v) is 11.4. The van der Waals surface area contributed by atoms with Gasteiger partial charge < -0.3 is 18.6 Å². The zero-order valence-corrected chi connectivity index (χ0v) is 19.5. The maximum absolute atomic E-state index is 6.33. The van der Waals surface area contributed by atoms with Gasteiger partial charge in [-0.2, -0.15) is 0 Å². The highest BCUT2D eigenvalue weighted by molar-refractivity contribution is 5.78. The monoisotopic (exact) mass is 456 g/mol. The van der Waals surface area contributed by atoms with Crippen molar-refractivity contribution in [2.75, 3.05) is 40.5 Å². The van der Waals surface area contributed by atoms with E-state index in [-0.39, 0.29) is 0 Å². The zero-order valence-electron chi connectivity index (χ0n) is 19.5. The van der Waals surface area contributed by atoms with Crippen LogP contribution in [0.2, 0.25) is 0 Å². The Kier molecular flexibility index (Phi) is 6.60. The molecule has 0 spiro atoms. The highest BCUT2D eigenvalue weighted by Gasteiger charge is 2.15. The molecular weight excluding hydrogens is 428 g/mol. The second-order valence-electron chi connectivity index (χ2n) is 8.22. The van der Waals surface area contributed by atoms with E-state index in [2.05, 4.69) is 11.0 Å². The van der Waals surface area contributed by atoms with Crippen LogP contribution in [0.5, 0.6) is 11.5 Å². The standard InChI is InChI=1S/C28H28N2O4/c1-31-23-10-8-22(9-11-23)29-25-18-28(34-27-6-4-3-5-24(25)27)20-7-12-26(32-2)21(17-20)19-30-13-15-33-16-14-30/h3-12,17-18H,13-16,19H2,1-2H3. The maximum atomic E-state index is 6.33. The lowest BCUT2D eigenvalue weighted by atomic mass is 10.1. The molecule has 0 bridgehead atoms. The Bertz CT molecular complexity index is 1340. The van der Waals surface area contributed by atoms with Gasteiger partial charge in [0.15, 0.2) is 0 Å². The summed E-state index contributed by atoms with van der Waals surface area (Å²) in [6, 6.07) is 23.9. The summed E-state index contributed by atoms with van der Waals surface area (Å²) in [6.45, 7) is 4.16. The van der Waals surface area contributed by atoms with Crippen LogP contribution in [0, 0.1) is 0 Å². The summed E-state index contributed by atoms with van der Waals surface area (Å²) in [6.07, 6.45) is 0. The van der Waals surface area contributed by atoms with Gasteiger partial charge in [-0.15, -0.1) is 0 Å². The van der Waals surface area contributed by atoms with Gasteiger partial charge in [0.05, 0.1) is 38.5 Å². The molecular formula is C28H28N2O4. The van der Waals surface area contributed by atoms with Crippen LogP contribution in [-0.2, 0) is 11.3 Å². The lowest BCUT2D eigenvalue weighted by molar-refractivity contribution is 0.0339. The van der Waals surface area contributed by atoms with Gasteiger partial charge in [-0.05, 0) is 54.6 Å². The van der Waals surface area contributed by atoms with E-state index in [0.717, 1.165) is 83.2 Å². The van der Waals surface area contributed by atoms with Gasteiger partial charge in [-0.25, -0.2) is 4.99 Å². The molecule has 0 amide bonds. The zero-order chi connectivity index (χ0) is 23.3. The number of hydrogen-bond acceptors (Lipinski definition) is 6. The number of fused-ring (bicyclic) bond motifs is 1. The van der Waals surface area contributed by atoms with E-state index < -0.39 is 0 Å². The second kappa shape index (κ2) is 10.1. The molecule has 2 heterocycles. The molecule has 1 aliphatic rings. The number of morpholine rings is 1. The normalized spacial score (nSPS) is 14.9. The Balaban J connectivity index is 1.58. The highest BCUT2D eigenvalue weighted by atomic mass is 16.5. The van der Waals surface area contributed by atoms with Crippen molar-refractivity contribution in [3.63, 3.8) is 0 Å². The number of hydrogen-bond donors (Lipinski definition) is 0. The van der Waals surface area contributed by atoms with E-state index in [1.807, 2.05) is 66.7 Å². The molecule has 4 aromatic rings. The number of benzene rings is 3. The van der Waals surface area contributed by atoms with Crippen molar-refractivity contribution in [2.24, 2.45) is 4.99 Å². The van der Waals surface area contributed by atoms with Crippen molar-refractivity contribution in [1.82, 2.24) is 4.90 Å². The van der Waals surface area contributed by atoms with Gasteiger partial charge in [0.1, 0.15) is 22.8 Å². The van der Waals surface area contributed by atoms with E-state index in [9.17, 15) is 0 Å². The largest absolute Gasteiger partial charge is 0.497 e. The van der Waals surface area contributed by atoms with Gasteiger partial charge in [0.25, 0.3) is 0 Å². The molecule has 34 heavy (non-hydrogen) atoms. The van der Waals surface area contributed by atoms with Crippen LogP contribution in [0.25, 0.3) is 22.3 Å². The van der Waals surface area contributed by atoms with Gasteiger partial charge >= 0.3 is 0 Å². The van der Waals surface area contributed by atoms with E-state index in [4.69, 9.17) is 23.6 Å². The fourth-order valence-corrected chi connectivity index (χ4v) is 4.20. The van der Waals surface area contributed by atoms with Crippen LogP contribution in [0.1, 0.15) is 5.56 Å². The van der Waals surface area contributed by atoms with Crippen molar-refractivity contribution in [2.45, 2.75) is 6.54 Å². The molecule has 0 saturated carbocycles. The maximum Gasteiger partial charge on any atom is 0.136 e. The summed E-state index contributed by atoms with van der Waals surface area (Å²) in [5.74, 6) is 2.44. The molecule has 1 saturated heterocycles. The molecule has 6 nitrogen and oxygen atoms in total. The van der Waals surface area contributed by atoms with Gasteiger partial charge in [-0.1, -0.05) is 12.1 Å². The smallest absolute Gasteiger partial charge is 0.136 e. The Morgan fingerprint density at radius 1 is 0.882 bits per heavy atom. The number of para-hydroxylation sites is 1. The molecule has 0 atom stereocenters. The van der Waals surface area contributed by atoms with Crippen LogP contribution in [0.4, 0.5) is 5.69 Å². The average molecular weight is 457 g/mol. The molecule has 6 heteroatoms. The average Bonchev–Trinajstić information content (AvgIpc) is 2.89. The van der Waals surface area contributed by atoms with E-state index in [1.54, 1.807) is 14.2 Å². The first-order chi connectivity index (χ1) is 16.7. The molecule has 174 valence electrons. The Morgan fingerprint density at radius 3 is 2.44 bits per heavy atom. The third-order valence-corrected chi connectivity index (χ3v) is 6.04. The summed E-state index contributed by atoms with van der Waals surface area (Å²) in [5.41, 5.74) is 3.75. The molecule has 1 fully saturated rings. The molecule has 0 radical (unpaired) electrons. The summed E-state index contributed by atoms with van der Waals surface area (Å²) in [7, 11) is 3.37. The van der Waals surface area contributed by atoms with Crippen LogP contribution in [0.3, 0.4) is 0 Å². The highest BCUT2D eigenvalue weighted by Crippen LogP contribution is 2.29. The predicted octanol–water partition coefficient (Wildman–Crippen LogP) is 5.18. The fraction of sp³-hybridized carbons (Fsp3) is 0.250.